The Bertz CT molecular complexity index is 671. The molecule has 0 aliphatic heterocycles. The first-order chi connectivity index (χ1) is 11.3. The van der Waals surface area contributed by atoms with Gasteiger partial charge in [-0.15, -0.1) is 0 Å². The molecule has 3 fully saturated rings. The van der Waals surface area contributed by atoms with E-state index in [0.29, 0.717) is 23.5 Å². The van der Waals surface area contributed by atoms with Gasteiger partial charge >= 0.3 is 0 Å². The number of hydrogen-bond acceptors (Lipinski definition) is 2. The third kappa shape index (κ3) is 2.14. The fourth-order valence-electron chi connectivity index (χ4n) is 6.86. The van der Waals surface area contributed by atoms with Crippen LogP contribution in [0.1, 0.15) is 65.2 Å². The molecule has 2 nitrogen and oxygen atoms in total. The minimum Gasteiger partial charge on any atom is -0.377 e. The fourth-order valence-corrected chi connectivity index (χ4v) is 7.31. The molecular weight excluding hydrogens is 411 g/mol. The van der Waals surface area contributed by atoms with Crippen molar-refractivity contribution in [1.82, 2.24) is 0 Å². The van der Waals surface area contributed by atoms with E-state index in [2.05, 4.69) is 46.3 Å². The van der Waals surface area contributed by atoms with Crippen molar-refractivity contribution in [3.63, 3.8) is 0 Å². The highest BCUT2D eigenvalue weighted by molar-refractivity contribution is 14.1. The summed E-state index contributed by atoms with van der Waals surface area (Å²) >= 11 is 2.06. The Labute approximate surface area is 159 Å². The standard InChI is InChI=1S/C21H27IO2/c1-19-8-5-15(23)13-14(19)3-4-16-17(19)6-9-20(2)18(16)7-10-21(20,24)11-12-22/h13,16-18,24H,3-10H2,1-2H3/t16-,17-,18+,19+,20+,21?/m1/s1. The molecule has 0 aromatic carbocycles. The molecule has 0 bridgehead atoms. The number of hydrogen-bond donors (Lipinski definition) is 1. The van der Waals surface area contributed by atoms with E-state index < -0.39 is 5.60 Å². The molecule has 0 saturated heterocycles. The molecule has 6 atom stereocenters. The number of halogens is 1. The van der Waals surface area contributed by atoms with E-state index in [0.717, 1.165) is 38.5 Å². The number of aliphatic hydroxyl groups is 1. The third-order valence-electron chi connectivity index (χ3n) is 8.37. The molecule has 4 aliphatic rings. The molecule has 3 saturated carbocycles. The minimum absolute atomic E-state index is 0.0611. The Morgan fingerprint density at radius 2 is 1.88 bits per heavy atom. The van der Waals surface area contributed by atoms with Crippen LogP contribution in [-0.2, 0) is 4.79 Å². The van der Waals surface area contributed by atoms with Gasteiger partial charge in [0.25, 0.3) is 0 Å². The van der Waals surface area contributed by atoms with Gasteiger partial charge in [-0.2, -0.15) is 0 Å². The molecule has 0 radical (unpaired) electrons. The normalized spacial score (nSPS) is 50.1. The van der Waals surface area contributed by atoms with Crippen LogP contribution in [0.15, 0.2) is 11.6 Å². The lowest BCUT2D eigenvalue weighted by atomic mass is 9.46. The Morgan fingerprint density at radius 3 is 2.62 bits per heavy atom. The molecule has 1 unspecified atom stereocenters. The highest BCUT2D eigenvalue weighted by Gasteiger charge is 2.63. The molecule has 0 spiro atoms. The van der Waals surface area contributed by atoms with Crippen molar-refractivity contribution in [2.45, 2.75) is 70.8 Å². The Hall–Kier alpha value is -0.340. The van der Waals surface area contributed by atoms with Crippen molar-refractivity contribution in [1.29, 1.82) is 0 Å². The Morgan fingerprint density at radius 1 is 1.12 bits per heavy atom. The summed E-state index contributed by atoms with van der Waals surface area (Å²) in [7, 11) is 0. The van der Waals surface area contributed by atoms with E-state index in [9.17, 15) is 9.90 Å². The van der Waals surface area contributed by atoms with Crippen LogP contribution < -0.4 is 0 Å². The maximum atomic E-state index is 11.9. The topological polar surface area (TPSA) is 37.3 Å². The summed E-state index contributed by atoms with van der Waals surface area (Å²) in [4.78, 5) is 11.9. The minimum atomic E-state index is -0.802. The average Bonchev–Trinajstić information content (AvgIpc) is 2.80. The smallest absolute Gasteiger partial charge is 0.155 e. The number of fused-ring (bicyclic) bond motifs is 5. The first-order valence-electron chi connectivity index (χ1n) is 9.43. The molecular formula is C21H27IO2. The molecule has 0 aromatic rings. The van der Waals surface area contributed by atoms with E-state index >= 15 is 0 Å². The fraction of sp³-hybridized carbons (Fsp3) is 0.762. The summed E-state index contributed by atoms with van der Waals surface area (Å²) in [5.74, 6) is 5.43. The summed E-state index contributed by atoms with van der Waals surface area (Å²) < 4.78 is 2.96. The number of rotatable bonds is 0. The van der Waals surface area contributed by atoms with Crippen molar-refractivity contribution >= 4 is 28.4 Å². The van der Waals surface area contributed by atoms with Gasteiger partial charge in [0.1, 0.15) is 5.60 Å². The quantitative estimate of drug-likeness (QED) is 0.442. The lowest BCUT2D eigenvalue weighted by molar-refractivity contribution is -0.119. The lowest BCUT2D eigenvalue weighted by Gasteiger charge is -2.58. The molecule has 3 heteroatoms. The predicted molar refractivity (Wildman–Crippen MR) is 103 cm³/mol. The van der Waals surface area contributed by atoms with Crippen molar-refractivity contribution in [3.8, 4) is 9.85 Å². The number of carbonyl (C=O) groups excluding carboxylic acids is 1. The Kier molecular flexibility index (Phi) is 3.97. The van der Waals surface area contributed by atoms with E-state index in [1.54, 1.807) is 0 Å². The molecule has 1 N–H and O–H groups in total. The predicted octanol–water partition coefficient (Wildman–Crippen LogP) is 4.65. The summed E-state index contributed by atoms with van der Waals surface area (Å²) in [5.41, 5.74) is 0.773. The van der Waals surface area contributed by atoms with E-state index in [1.165, 1.54) is 18.4 Å². The molecule has 130 valence electrons. The van der Waals surface area contributed by atoms with Gasteiger partial charge in [0.05, 0.1) is 0 Å². The number of ketones is 1. The lowest BCUT2D eigenvalue weighted by Crippen LogP contribution is -2.54. The average molecular weight is 438 g/mol. The van der Waals surface area contributed by atoms with Gasteiger partial charge in [0.15, 0.2) is 5.78 Å². The second-order valence-corrected chi connectivity index (χ2v) is 9.58. The van der Waals surface area contributed by atoms with Gasteiger partial charge in [-0.3, -0.25) is 4.79 Å². The first kappa shape index (κ1) is 17.1. The van der Waals surface area contributed by atoms with E-state index in [4.69, 9.17) is 0 Å². The van der Waals surface area contributed by atoms with Gasteiger partial charge < -0.3 is 5.11 Å². The van der Waals surface area contributed by atoms with E-state index in [1.807, 2.05) is 6.08 Å². The molecule has 24 heavy (non-hydrogen) atoms. The van der Waals surface area contributed by atoms with Crippen LogP contribution >= 0.6 is 22.6 Å². The van der Waals surface area contributed by atoms with Crippen molar-refractivity contribution < 1.29 is 9.90 Å². The van der Waals surface area contributed by atoms with Gasteiger partial charge in [-0.25, -0.2) is 0 Å². The molecule has 0 aromatic heterocycles. The second-order valence-electron chi connectivity index (χ2n) is 9.04. The van der Waals surface area contributed by atoms with E-state index in [-0.39, 0.29) is 10.8 Å². The van der Waals surface area contributed by atoms with Crippen LogP contribution in [-0.4, -0.2) is 16.5 Å². The summed E-state index contributed by atoms with van der Waals surface area (Å²) in [6.07, 6.45) is 10.1. The summed E-state index contributed by atoms with van der Waals surface area (Å²) in [6.45, 7) is 4.70. The van der Waals surface area contributed by atoms with Gasteiger partial charge in [-0.05, 0) is 78.1 Å². The zero-order valence-electron chi connectivity index (χ0n) is 14.7. The summed E-state index contributed by atoms with van der Waals surface area (Å²) in [6, 6.07) is 0. The largest absolute Gasteiger partial charge is 0.377 e. The molecule has 4 rings (SSSR count). The van der Waals surface area contributed by atoms with Crippen molar-refractivity contribution in [2.75, 3.05) is 0 Å². The van der Waals surface area contributed by atoms with Gasteiger partial charge in [0, 0.05) is 34.4 Å². The molecule has 0 heterocycles. The first-order valence-corrected chi connectivity index (χ1v) is 10.5. The SMILES string of the molecule is C[C@]12CCC(=O)C=C1CC[C@@H]1[C@H]2CC[C@@]2(C)[C@H]1CCC2(O)C#CI. The molecule has 4 aliphatic carbocycles. The van der Waals surface area contributed by atoms with Gasteiger partial charge in [0.2, 0.25) is 0 Å². The van der Waals surface area contributed by atoms with Crippen LogP contribution in [0.3, 0.4) is 0 Å². The van der Waals surface area contributed by atoms with Crippen molar-refractivity contribution in [3.05, 3.63) is 11.6 Å². The van der Waals surface area contributed by atoms with Crippen LogP contribution in [0.2, 0.25) is 0 Å². The number of allylic oxidation sites excluding steroid dienone is 1. The maximum Gasteiger partial charge on any atom is 0.155 e. The monoisotopic (exact) mass is 438 g/mol. The zero-order valence-corrected chi connectivity index (χ0v) is 16.9. The highest BCUT2D eigenvalue weighted by Crippen LogP contribution is 2.67. The highest BCUT2D eigenvalue weighted by atomic mass is 127. The Balaban J connectivity index is 1.69. The zero-order chi connectivity index (χ0) is 17.2. The summed E-state index contributed by atoms with van der Waals surface area (Å²) in [5, 5.41) is 11.2. The second kappa shape index (κ2) is 5.58. The van der Waals surface area contributed by atoms with Crippen LogP contribution in [0, 0.1) is 38.4 Å². The third-order valence-corrected chi connectivity index (χ3v) is 8.64. The van der Waals surface area contributed by atoms with Crippen LogP contribution in [0.5, 0.6) is 0 Å². The maximum absolute atomic E-state index is 11.9. The van der Waals surface area contributed by atoms with Crippen LogP contribution in [0.4, 0.5) is 0 Å². The molecule has 0 amide bonds. The van der Waals surface area contributed by atoms with Crippen molar-refractivity contribution in [2.24, 2.45) is 28.6 Å². The number of carbonyl (C=O) groups is 1. The van der Waals surface area contributed by atoms with Crippen LogP contribution in [0.25, 0.3) is 0 Å². The van der Waals surface area contributed by atoms with Gasteiger partial charge in [-0.1, -0.05) is 25.3 Å².